The van der Waals surface area contributed by atoms with Crippen molar-refractivity contribution in [3.8, 4) is 5.75 Å². The first kappa shape index (κ1) is 9.78. The topological polar surface area (TPSA) is 37.3 Å². The average Bonchev–Trinajstić information content (AvgIpc) is 2.29. The van der Waals surface area contributed by atoms with Gasteiger partial charge >= 0.3 is 0 Å². The summed E-state index contributed by atoms with van der Waals surface area (Å²) in [4.78, 5) is 11.2. The highest BCUT2D eigenvalue weighted by molar-refractivity contribution is 5.33. The van der Waals surface area contributed by atoms with E-state index in [1.165, 1.54) is 6.07 Å². The van der Waals surface area contributed by atoms with Gasteiger partial charge in [0.1, 0.15) is 0 Å². The zero-order valence-corrected chi connectivity index (χ0v) is 7.95. The van der Waals surface area contributed by atoms with Crippen LogP contribution >= 0.6 is 0 Å². The lowest BCUT2D eigenvalue weighted by Gasteiger charge is -2.07. The summed E-state index contributed by atoms with van der Waals surface area (Å²) >= 11 is 0. The molecule has 1 atom stereocenters. The molecule has 2 heteroatoms. The summed E-state index contributed by atoms with van der Waals surface area (Å²) in [5, 5.41) is 9.55. The smallest absolute Gasteiger partial charge is 0.220 e. The van der Waals surface area contributed by atoms with Crippen molar-refractivity contribution in [2.24, 2.45) is 0 Å². The Morgan fingerprint density at radius 2 is 2.00 bits per heavy atom. The summed E-state index contributed by atoms with van der Waals surface area (Å²) in [7, 11) is 0. The zero-order chi connectivity index (χ0) is 9.84. The Kier molecular flexibility index (Phi) is 3.07. The van der Waals surface area contributed by atoms with E-state index < -0.39 is 0 Å². The van der Waals surface area contributed by atoms with Crippen molar-refractivity contribution in [2.45, 2.75) is 26.2 Å². The lowest BCUT2D eigenvalue weighted by atomic mass is 9.99. The third kappa shape index (κ3) is 2.08. The maximum Gasteiger partial charge on any atom is 0.220 e. The maximum absolute atomic E-state index is 11.2. The second-order valence-corrected chi connectivity index (χ2v) is 3.20. The van der Waals surface area contributed by atoms with Gasteiger partial charge in [-0.3, -0.25) is 4.79 Å². The number of rotatable bonds is 2. The Bertz CT molecular complexity index is 344. The molecular weight excluding hydrogens is 164 g/mol. The highest BCUT2D eigenvalue weighted by atomic mass is 16.3. The van der Waals surface area contributed by atoms with Crippen LogP contribution in [0.25, 0.3) is 0 Å². The molecule has 0 amide bonds. The Morgan fingerprint density at radius 1 is 1.38 bits per heavy atom. The van der Waals surface area contributed by atoms with E-state index in [4.69, 9.17) is 0 Å². The summed E-state index contributed by atoms with van der Waals surface area (Å²) in [5.41, 5.74) is 0.429. The van der Waals surface area contributed by atoms with Crippen molar-refractivity contribution in [2.75, 3.05) is 0 Å². The van der Waals surface area contributed by atoms with Crippen LogP contribution in [-0.4, -0.2) is 5.11 Å². The van der Waals surface area contributed by atoms with Crippen molar-refractivity contribution in [1.82, 2.24) is 0 Å². The SMILES string of the molecule is CCC(C)c1ccccc(=O)c1O. The van der Waals surface area contributed by atoms with Gasteiger partial charge in [0.2, 0.25) is 5.43 Å². The molecule has 13 heavy (non-hydrogen) atoms. The molecule has 0 saturated heterocycles. The molecule has 1 rings (SSSR count). The van der Waals surface area contributed by atoms with Gasteiger partial charge < -0.3 is 5.11 Å². The van der Waals surface area contributed by atoms with E-state index in [-0.39, 0.29) is 17.1 Å². The van der Waals surface area contributed by atoms with Gasteiger partial charge in [-0.05, 0) is 18.4 Å². The van der Waals surface area contributed by atoms with Gasteiger partial charge in [-0.2, -0.15) is 0 Å². The third-order valence-corrected chi connectivity index (χ3v) is 2.28. The molecule has 0 heterocycles. The van der Waals surface area contributed by atoms with Crippen LogP contribution in [0, 0.1) is 0 Å². The minimum Gasteiger partial charge on any atom is -0.504 e. The Hall–Kier alpha value is -1.31. The normalized spacial score (nSPS) is 12.5. The monoisotopic (exact) mass is 178 g/mol. The van der Waals surface area contributed by atoms with Gasteiger partial charge in [0.15, 0.2) is 5.75 Å². The van der Waals surface area contributed by atoms with E-state index >= 15 is 0 Å². The van der Waals surface area contributed by atoms with Crippen molar-refractivity contribution < 1.29 is 5.11 Å². The average molecular weight is 178 g/mol. The van der Waals surface area contributed by atoms with E-state index in [1.54, 1.807) is 18.2 Å². The largest absolute Gasteiger partial charge is 0.504 e. The Balaban J connectivity index is 3.31. The van der Waals surface area contributed by atoms with E-state index in [0.29, 0.717) is 0 Å². The van der Waals surface area contributed by atoms with E-state index in [2.05, 4.69) is 0 Å². The molecule has 0 aliphatic heterocycles. The van der Waals surface area contributed by atoms with Crippen molar-refractivity contribution in [3.05, 3.63) is 40.1 Å². The van der Waals surface area contributed by atoms with E-state index in [0.717, 1.165) is 12.0 Å². The Labute approximate surface area is 77.9 Å². The summed E-state index contributed by atoms with van der Waals surface area (Å²) in [6, 6.07) is 6.60. The van der Waals surface area contributed by atoms with Crippen LogP contribution in [0.4, 0.5) is 0 Å². The third-order valence-electron chi connectivity index (χ3n) is 2.28. The summed E-state index contributed by atoms with van der Waals surface area (Å²) in [6.45, 7) is 4.02. The molecular formula is C11H14O2. The molecule has 70 valence electrons. The molecule has 0 saturated carbocycles. The lowest BCUT2D eigenvalue weighted by Crippen LogP contribution is -1.99. The van der Waals surface area contributed by atoms with Crippen LogP contribution in [-0.2, 0) is 0 Å². The zero-order valence-electron chi connectivity index (χ0n) is 7.95. The predicted molar refractivity (Wildman–Crippen MR) is 53.1 cm³/mol. The predicted octanol–water partition coefficient (Wildman–Crippen LogP) is 2.27. The lowest BCUT2D eigenvalue weighted by molar-refractivity contribution is 0.458. The minimum atomic E-state index is -0.305. The quantitative estimate of drug-likeness (QED) is 0.754. The first-order valence-electron chi connectivity index (χ1n) is 4.49. The van der Waals surface area contributed by atoms with Crippen LogP contribution in [0.2, 0.25) is 0 Å². The molecule has 0 radical (unpaired) electrons. The molecule has 0 aliphatic rings. The molecule has 1 unspecified atom stereocenters. The number of hydrogen-bond acceptors (Lipinski definition) is 2. The number of aromatic hydroxyl groups is 1. The van der Waals surface area contributed by atoms with Crippen molar-refractivity contribution >= 4 is 0 Å². The molecule has 1 aromatic carbocycles. The minimum absolute atomic E-state index is 0.112. The highest BCUT2D eigenvalue weighted by Crippen LogP contribution is 2.23. The van der Waals surface area contributed by atoms with Crippen molar-refractivity contribution in [3.63, 3.8) is 0 Å². The van der Waals surface area contributed by atoms with Crippen LogP contribution < -0.4 is 5.43 Å². The molecule has 0 aliphatic carbocycles. The second kappa shape index (κ2) is 4.08. The standard InChI is InChI=1S/C11H14O2/c1-3-8(2)9-6-4-5-7-10(12)11(9)13/h4-8H,3H2,1-2H3,(H,12,13). The number of hydrogen-bond donors (Lipinski definition) is 1. The maximum atomic E-state index is 11.2. The van der Waals surface area contributed by atoms with E-state index in [1.807, 2.05) is 13.8 Å². The van der Waals surface area contributed by atoms with Crippen molar-refractivity contribution in [1.29, 1.82) is 0 Å². The summed E-state index contributed by atoms with van der Waals surface area (Å²) < 4.78 is 0. The molecule has 1 aromatic rings. The fourth-order valence-corrected chi connectivity index (χ4v) is 1.22. The molecule has 0 aromatic heterocycles. The molecule has 0 fully saturated rings. The molecule has 2 nitrogen and oxygen atoms in total. The molecule has 0 bridgehead atoms. The summed E-state index contributed by atoms with van der Waals surface area (Å²) in [6.07, 6.45) is 0.914. The first-order valence-corrected chi connectivity index (χ1v) is 4.49. The van der Waals surface area contributed by atoms with Gasteiger partial charge in [-0.1, -0.05) is 32.0 Å². The van der Waals surface area contributed by atoms with Crippen LogP contribution in [0.3, 0.4) is 0 Å². The van der Waals surface area contributed by atoms with Gasteiger partial charge in [-0.25, -0.2) is 0 Å². The summed E-state index contributed by atoms with van der Waals surface area (Å²) in [5.74, 6) is 0.111. The highest BCUT2D eigenvalue weighted by Gasteiger charge is 2.08. The molecule has 0 spiro atoms. The van der Waals surface area contributed by atoms with Gasteiger partial charge in [-0.15, -0.1) is 0 Å². The fourth-order valence-electron chi connectivity index (χ4n) is 1.22. The molecule has 1 N–H and O–H groups in total. The first-order chi connectivity index (χ1) is 6.16. The van der Waals surface area contributed by atoms with Crippen LogP contribution in [0.5, 0.6) is 5.75 Å². The van der Waals surface area contributed by atoms with Gasteiger partial charge in [0, 0.05) is 5.56 Å². The van der Waals surface area contributed by atoms with E-state index in [9.17, 15) is 9.90 Å². The Morgan fingerprint density at radius 3 is 2.62 bits per heavy atom. The van der Waals surface area contributed by atoms with Crippen LogP contribution in [0.1, 0.15) is 31.7 Å². The fraction of sp³-hybridized carbons (Fsp3) is 0.364. The van der Waals surface area contributed by atoms with Gasteiger partial charge in [0.05, 0.1) is 0 Å². The van der Waals surface area contributed by atoms with Crippen LogP contribution in [0.15, 0.2) is 29.1 Å². The second-order valence-electron chi connectivity index (χ2n) is 3.20. The van der Waals surface area contributed by atoms with Gasteiger partial charge in [0.25, 0.3) is 0 Å².